The second-order valence-corrected chi connectivity index (χ2v) is 10.1. The molecule has 2 aliphatic heterocycles. The van der Waals surface area contributed by atoms with Gasteiger partial charge in [-0.05, 0) is 25.7 Å². The van der Waals surface area contributed by atoms with Crippen molar-refractivity contribution >= 4 is 23.8 Å². The summed E-state index contributed by atoms with van der Waals surface area (Å²) in [4.78, 5) is 58.9. The quantitative estimate of drug-likeness (QED) is 0.603. The number of carbonyl (C=O) groups is 4. The van der Waals surface area contributed by atoms with Gasteiger partial charge in [0.1, 0.15) is 0 Å². The van der Waals surface area contributed by atoms with Gasteiger partial charge >= 0.3 is 12.0 Å². The van der Waals surface area contributed by atoms with Crippen molar-refractivity contribution in [2.24, 2.45) is 11.3 Å². The molecule has 0 aromatic carbocycles. The van der Waals surface area contributed by atoms with E-state index in [9.17, 15) is 24.3 Å². The zero-order valence-corrected chi connectivity index (χ0v) is 19.7. The van der Waals surface area contributed by atoms with Gasteiger partial charge < -0.3 is 9.84 Å². The molecule has 4 fully saturated rings. The Hall–Kier alpha value is -2.00. The van der Waals surface area contributed by atoms with Gasteiger partial charge in [0.05, 0.1) is 19.1 Å². The van der Waals surface area contributed by atoms with Crippen LogP contribution in [0.25, 0.3) is 0 Å². The SMILES string of the molecule is CC(C(=O)O)C1(CN2CCOCC2)C(=O)N(C2CCCCC2)C(=O)N(C2CCCCC2)C1=O. The van der Waals surface area contributed by atoms with Crippen LogP contribution in [0.2, 0.25) is 0 Å². The summed E-state index contributed by atoms with van der Waals surface area (Å²) >= 11 is 0. The Morgan fingerprint density at radius 1 is 0.909 bits per heavy atom. The average molecular weight is 464 g/mol. The number of aliphatic carboxylic acids is 1. The molecule has 2 heterocycles. The highest BCUT2D eigenvalue weighted by atomic mass is 16.5. The van der Waals surface area contributed by atoms with Crippen LogP contribution in [0.1, 0.15) is 71.1 Å². The first-order valence-electron chi connectivity index (χ1n) is 12.6. The first-order valence-corrected chi connectivity index (χ1v) is 12.6. The molecule has 2 aliphatic carbocycles. The van der Waals surface area contributed by atoms with Crippen molar-refractivity contribution in [3.05, 3.63) is 0 Å². The van der Waals surface area contributed by atoms with Crippen LogP contribution in [-0.4, -0.2) is 88.6 Å². The summed E-state index contributed by atoms with van der Waals surface area (Å²) in [6.45, 7) is 3.44. The van der Waals surface area contributed by atoms with E-state index in [0.717, 1.165) is 38.5 Å². The van der Waals surface area contributed by atoms with Gasteiger partial charge in [-0.15, -0.1) is 0 Å². The van der Waals surface area contributed by atoms with Gasteiger partial charge in [-0.2, -0.15) is 0 Å². The lowest BCUT2D eigenvalue weighted by Gasteiger charge is -2.52. The number of barbiturate groups is 1. The van der Waals surface area contributed by atoms with Crippen LogP contribution >= 0.6 is 0 Å². The summed E-state index contributed by atoms with van der Waals surface area (Å²) in [7, 11) is 0. The Balaban J connectivity index is 1.79. The zero-order chi connectivity index (χ0) is 23.6. The number of rotatable bonds is 6. The maximum atomic E-state index is 14.2. The molecule has 33 heavy (non-hydrogen) atoms. The lowest BCUT2D eigenvalue weighted by atomic mass is 9.70. The van der Waals surface area contributed by atoms with Crippen molar-refractivity contribution in [2.75, 3.05) is 32.8 Å². The van der Waals surface area contributed by atoms with E-state index in [1.165, 1.54) is 16.7 Å². The number of carbonyl (C=O) groups excluding carboxylic acids is 3. The van der Waals surface area contributed by atoms with E-state index in [1.54, 1.807) is 0 Å². The van der Waals surface area contributed by atoms with Crippen LogP contribution < -0.4 is 0 Å². The highest BCUT2D eigenvalue weighted by Crippen LogP contribution is 2.42. The molecular weight excluding hydrogens is 426 g/mol. The van der Waals surface area contributed by atoms with Crippen LogP contribution in [0.3, 0.4) is 0 Å². The lowest BCUT2D eigenvalue weighted by Crippen LogP contribution is -2.73. The number of urea groups is 1. The number of ether oxygens (including phenoxy) is 1. The molecule has 1 atom stereocenters. The van der Waals surface area contributed by atoms with Crippen LogP contribution in [0.4, 0.5) is 4.79 Å². The minimum absolute atomic E-state index is 0.00120. The van der Waals surface area contributed by atoms with E-state index in [1.807, 2.05) is 4.90 Å². The van der Waals surface area contributed by atoms with Crippen molar-refractivity contribution in [3.8, 4) is 0 Å². The van der Waals surface area contributed by atoms with Gasteiger partial charge in [0.15, 0.2) is 5.41 Å². The molecule has 9 heteroatoms. The van der Waals surface area contributed by atoms with Crippen LogP contribution in [0.15, 0.2) is 0 Å². The van der Waals surface area contributed by atoms with Crippen molar-refractivity contribution in [2.45, 2.75) is 83.2 Å². The van der Waals surface area contributed by atoms with Gasteiger partial charge in [-0.1, -0.05) is 45.4 Å². The number of imide groups is 2. The van der Waals surface area contributed by atoms with Gasteiger partial charge in [0.2, 0.25) is 11.8 Å². The van der Waals surface area contributed by atoms with Crippen LogP contribution in [-0.2, 0) is 19.1 Å². The smallest absolute Gasteiger partial charge is 0.333 e. The van der Waals surface area contributed by atoms with Crippen molar-refractivity contribution in [3.63, 3.8) is 0 Å². The van der Waals surface area contributed by atoms with E-state index in [-0.39, 0.29) is 18.6 Å². The summed E-state index contributed by atoms with van der Waals surface area (Å²) in [5.41, 5.74) is -1.81. The fourth-order valence-electron chi connectivity index (χ4n) is 6.10. The summed E-state index contributed by atoms with van der Waals surface area (Å²) in [5.74, 6) is -3.66. The van der Waals surface area contributed by atoms with Gasteiger partial charge in [-0.3, -0.25) is 29.1 Å². The molecule has 4 rings (SSSR count). The maximum absolute atomic E-state index is 14.2. The third kappa shape index (κ3) is 4.41. The Bertz CT molecular complexity index is 728. The van der Waals surface area contributed by atoms with Crippen LogP contribution in [0.5, 0.6) is 0 Å². The fraction of sp³-hybridized carbons (Fsp3) is 0.833. The van der Waals surface area contributed by atoms with E-state index in [0.29, 0.717) is 52.0 Å². The Morgan fingerprint density at radius 2 is 1.36 bits per heavy atom. The number of amides is 4. The second kappa shape index (κ2) is 10.1. The third-order valence-electron chi connectivity index (χ3n) is 8.18. The van der Waals surface area contributed by atoms with E-state index >= 15 is 0 Å². The summed E-state index contributed by atoms with van der Waals surface area (Å²) in [6, 6.07) is -1.08. The highest BCUT2D eigenvalue weighted by molar-refractivity contribution is 6.21. The molecule has 0 radical (unpaired) electrons. The molecule has 9 nitrogen and oxygen atoms in total. The summed E-state index contributed by atoms with van der Waals surface area (Å²) in [5, 5.41) is 10.1. The predicted octanol–water partition coefficient (Wildman–Crippen LogP) is 2.48. The monoisotopic (exact) mass is 463 g/mol. The topological polar surface area (TPSA) is 107 Å². The van der Waals surface area contributed by atoms with E-state index in [2.05, 4.69) is 0 Å². The van der Waals surface area contributed by atoms with E-state index < -0.39 is 35.1 Å². The standard InChI is InChI=1S/C24H37N3O6/c1-17(20(28)29)24(16-25-12-14-33-15-13-25)21(30)26(18-8-4-2-5-9-18)23(32)27(22(24)31)19-10-6-3-7-11-19/h17-19H,2-16H2,1H3,(H,28,29). The molecule has 4 amide bonds. The molecule has 2 saturated carbocycles. The predicted molar refractivity (Wildman–Crippen MR) is 119 cm³/mol. The average Bonchev–Trinajstić information content (AvgIpc) is 2.83. The maximum Gasteiger partial charge on any atom is 0.333 e. The van der Waals surface area contributed by atoms with E-state index in [4.69, 9.17) is 4.74 Å². The number of hydrogen-bond acceptors (Lipinski definition) is 6. The molecule has 0 spiro atoms. The number of morpholine rings is 1. The molecule has 0 aromatic heterocycles. The van der Waals surface area contributed by atoms with Crippen LogP contribution in [0, 0.1) is 11.3 Å². The van der Waals surface area contributed by atoms with Crippen molar-refractivity contribution in [1.29, 1.82) is 0 Å². The summed E-state index contributed by atoms with van der Waals surface area (Å²) in [6.07, 6.45) is 8.63. The third-order valence-corrected chi connectivity index (χ3v) is 8.18. The largest absolute Gasteiger partial charge is 0.481 e. The van der Waals surface area contributed by atoms with Gasteiger partial charge in [-0.25, -0.2) is 4.79 Å². The molecular formula is C24H37N3O6. The highest BCUT2D eigenvalue weighted by Gasteiger charge is 2.64. The number of carboxylic acids is 1. The Labute approximate surface area is 195 Å². The molecule has 184 valence electrons. The number of hydrogen-bond donors (Lipinski definition) is 1. The normalized spacial score (nSPS) is 27.1. The lowest BCUT2D eigenvalue weighted by molar-refractivity contribution is -0.176. The fourth-order valence-corrected chi connectivity index (χ4v) is 6.10. The molecule has 1 N–H and O–H groups in total. The first kappa shape index (κ1) is 24.1. The molecule has 0 aromatic rings. The molecule has 0 bridgehead atoms. The van der Waals surface area contributed by atoms with Crippen molar-refractivity contribution < 1.29 is 29.0 Å². The van der Waals surface area contributed by atoms with Gasteiger partial charge in [0.25, 0.3) is 0 Å². The van der Waals surface area contributed by atoms with Gasteiger partial charge in [0, 0.05) is 31.7 Å². The minimum Gasteiger partial charge on any atom is -0.481 e. The molecule has 1 unspecified atom stereocenters. The first-order chi connectivity index (χ1) is 15.9. The number of nitrogens with zero attached hydrogens (tertiary/aromatic N) is 3. The summed E-state index contributed by atoms with van der Waals surface area (Å²) < 4.78 is 5.43. The Kier molecular flexibility index (Phi) is 7.38. The second-order valence-electron chi connectivity index (χ2n) is 10.1. The van der Waals surface area contributed by atoms with Crippen molar-refractivity contribution in [1.82, 2.24) is 14.7 Å². The number of carboxylic acid groups (broad SMARTS) is 1. The zero-order valence-electron chi connectivity index (χ0n) is 19.7. The molecule has 2 saturated heterocycles. The minimum atomic E-state index is -1.81. The molecule has 4 aliphatic rings. The Morgan fingerprint density at radius 3 is 1.79 bits per heavy atom.